The first-order valence-electron chi connectivity index (χ1n) is 8.48. The zero-order chi connectivity index (χ0) is 15.8. The van der Waals surface area contributed by atoms with E-state index < -0.39 is 0 Å². The summed E-state index contributed by atoms with van der Waals surface area (Å²) < 4.78 is 5.08. The Morgan fingerprint density at radius 3 is 2.91 bits per heavy atom. The van der Waals surface area contributed by atoms with Crippen LogP contribution in [-0.4, -0.2) is 29.2 Å². The van der Waals surface area contributed by atoms with Crippen LogP contribution in [0.25, 0.3) is 0 Å². The molecule has 0 aliphatic heterocycles. The highest BCUT2D eigenvalue weighted by atomic mass is 16.5. The molecule has 0 bridgehead atoms. The summed E-state index contributed by atoms with van der Waals surface area (Å²) in [5.41, 5.74) is 0. The monoisotopic (exact) mass is 307 g/mol. The van der Waals surface area contributed by atoms with Crippen LogP contribution in [0.2, 0.25) is 0 Å². The van der Waals surface area contributed by atoms with Crippen LogP contribution < -0.4 is 10.6 Å². The van der Waals surface area contributed by atoms with Gasteiger partial charge < -0.3 is 15.2 Å². The first kappa shape index (κ1) is 16.8. The van der Waals surface area contributed by atoms with Crippen molar-refractivity contribution in [3.63, 3.8) is 0 Å². The SMILES string of the molecule is CCNC(=NCc1nc(C)no1)NCCC1CCCC(C)C1. The molecule has 1 aliphatic carbocycles. The Labute approximate surface area is 133 Å². The standard InChI is InChI=1S/C16H29N5O/c1-4-17-16(19-11-15-20-13(3)21-22-15)18-9-8-14-7-5-6-12(2)10-14/h12,14H,4-11H2,1-3H3,(H2,17,18,19). The summed E-state index contributed by atoms with van der Waals surface area (Å²) in [5, 5.41) is 10.4. The summed E-state index contributed by atoms with van der Waals surface area (Å²) >= 11 is 0. The van der Waals surface area contributed by atoms with Crippen molar-refractivity contribution in [2.75, 3.05) is 13.1 Å². The molecule has 2 atom stereocenters. The Bertz CT molecular complexity index is 471. The van der Waals surface area contributed by atoms with E-state index in [1.807, 2.05) is 6.92 Å². The van der Waals surface area contributed by atoms with Gasteiger partial charge in [0.05, 0.1) is 0 Å². The largest absolute Gasteiger partial charge is 0.357 e. The van der Waals surface area contributed by atoms with E-state index in [4.69, 9.17) is 4.52 Å². The first-order chi connectivity index (χ1) is 10.7. The number of hydrogen-bond acceptors (Lipinski definition) is 4. The molecule has 6 heteroatoms. The second-order valence-corrected chi connectivity index (χ2v) is 6.28. The van der Waals surface area contributed by atoms with Gasteiger partial charge in [-0.3, -0.25) is 0 Å². The second kappa shape index (κ2) is 8.76. The van der Waals surface area contributed by atoms with E-state index >= 15 is 0 Å². The van der Waals surface area contributed by atoms with Crippen molar-refractivity contribution in [3.05, 3.63) is 11.7 Å². The Morgan fingerprint density at radius 2 is 2.23 bits per heavy atom. The summed E-state index contributed by atoms with van der Waals surface area (Å²) in [5.74, 6) is 3.77. The third kappa shape index (κ3) is 5.66. The van der Waals surface area contributed by atoms with Crippen LogP contribution in [0.4, 0.5) is 0 Å². The number of aliphatic imine (C=N–C) groups is 1. The van der Waals surface area contributed by atoms with Gasteiger partial charge in [-0.15, -0.1) is 0 Å². The lowest BCUT2D eigenvalue weighted by Gasteiger charge is -2.26. The van der Waals surface area contributed by atoms with Crippen molar-refractivity contribution < 1.29 is 4.52 Å². The fourth-order valence-corrected chi connectivity index (χ4v) is 3.11. The molecule has 1 aliphatic rings. The molecule has 1 heterocycles. The number of guanidine groups is 1. The van der Waals surface area contributed by atoms with Gasteiger partial charge in [-0.1, -0.05) is 31.3 Å². The summed E-state index contributed by atoms with van der Waals surface area (Å²) in [6.07, 6.45) is 6.75. The molecule has 1 aromatic rings. The minimum atomic E-state index is 0.413. The highest BCUT2D eigenvalue weighted by Crippen LogP contribution is 2.30. The van der Waals surface area contributed by atoms with Crippen molar-refractivity contribution in [2.45, 2.75) is 59.4 Å². The van der Waals surface area contributed by atoms with Gasteiger partial charge in [-0.25, -0.2) is 4.99 Å². The van der Waals surface area contributed by atoms with Gasteiger partial charge in [0.25, 0.3) is 0 Å². The smallest absolute Gasteiger partial charge is 0.248 e. The van der Waals surface area contributed by atoms with Crippen LogP contribution in [0.3, 0.4) is 0 Å². The van der Waals surface area contributed by atoms with Gasteiger partial charge in [-0.2, -0.15) is 4.98 Å². The summed E-state index contributed by atoms with van der Waals surface area (Å²) in [4.78, 5) is 8.66. The molecule has 1 aromatic heterocycles. The molecule has 0 spiro atoms. The molecular formula is C16H29N5O. The predicted octanol–water partition coefficient (Wildman–Crippen LogP) is 2.65. The second-order valence-electron chi connectivity index (χ2n) is 6.28. The molecule has 22 heavy (non-hydrogen) atoms. The summed E-state index contributed by atoms with van der Waals surface area (Å²) in [6, 6.07) is 0. The zero-order valence-corrected chi connectivity index (χ0v) is 14.1. The zero-order valence-electron chi connectivity index (χ0n) is 14.1. The molecule has 1 saturated carbocycles. The molecule has 0 amide bonds. The van der Waals surface area contributed by atoms with E-state index in [-0.39, 0.29) is 0 Å². The molecule has 2 unspecified atom stereocenters. The molecule has 0 radical (unpaired) electrons. The Balaban J connectivity index is 1.75. The molecule has 6 nitrogen and oxygen atoms in total. The topological polar surface area (TPSA) is 75.3 Å². The first-order valence-corrected chi connectivity index (χ1v) is 8.48. The molecule has 2 N–H and O–H groups in total. The van der Waals surface area contributed by atoms with Crippen LogP contribution in [0, 0.1) is 18.8 Å². The highest BCUT2D eigenvalue weighted by molar-refractivity contribution is 5.79. The van der Waals surface area contributed by atoms with Crippen molar-refractivity contribution in [1.29, 1.82) is 0 Å². The maximum absolute atomic E-state index is 5.08. The van der Waals surface area contributed by atoms with Crippen LogP contribution in [0.5, 0.6) is 0 Å². The Morgan fingerprint density at radius 1 is 1.36 bits per heavy atom. The number of nitrogens with zero attached hydrogens (tertiary/aromatic N) is 3. The Hall–Kier alpha value is -1.59. The van der Waals surface area contributed by atoms with Gasteiger partial charge in [-0.05, 0) is 38.5 Å². The van der Waals surface area contributed by atoms with Gasteiger partial charge in [0.2, 0.25) is 5.89 Å². The van der Waals surface area contributed by atoms with Crippen molar-refractivity contribution >= 4 is 5.96 Å². The quantitative estimate of drug-likeness (QED) is 0.624. The van der Waals surface area contributed by atoms with Crippen LogP contribution in [0.1, 0.15) is 57.7 Å². The van der Waals surface area contributed by atoms with E-state index in [2.05, 4.69) is 39.6 Å². The molecule has 0 aromatic carbocycles. The van der Waals surface area contributed by atoms with Gasteiger partial charge >= 0.3 is 0 Å². The molecular weight excluding hydrogens is 278 g/mol. The minimum absolute atomic E-state index is 0.413. The van der Waals surface area contributed by atoms with E-state index in [1.54, 1.807) is 0 Å². The van der Waals surface area contributed by atoms with Crippen LogP contribution >= 0.6 is 0 Å². The minimum Gasteiger partial charge on any atom is -0.357 e. The predicted molar refractivity (Wildman–Crippen MR) is 87.6 cm³/mol. The van der Waals surface area contributed by atoms with Crippen LogP contribution in [0.15, 0.2) is 9.52 Å². The highest BCUT2D eigenvalue weighted by Gasteiger charge is 2.18. The average molecular weight is 307 g/mol. The molecule has 2 rings (SSSR count). The third-order valence-corrected chi connectivity index (χ3v) is 4.18. The Kier molecular flexibility index (Phi) is 6.68. The fourth-order valence-electron chi connectivity index (χ4n) is 3.11. The molecule has 124 valence electrons. The van der Waals surface area contributed by atoms with E-state index in [0.717, 1.165) is 30.9 Å². The number of rotatable bonds is 6. The van der Waals surface area contributed by atoms with Crippen LogP contribution in [-0.2, 0) is 6.54 Å². The number of aryl methyl sites for hydroxylation is 1. The summed E-state index contributed by atoms with van der Waals surface area (Å²) in [7, 11) is 0. The van der Waals surface area contributed by atoms with Gasteiger partial charge in [0.15, 0.2) is 11.8 Å². The fraction of sp³-hybridized carbons (Fsp3) is 0.812. The summed E-state index contributed by atoms with van der Waals surface area (Å²) in [6.45, 7) is 8.47. The molecule has 0 saturated heterocycles. The van der Waals surface area contributed by atoms with E-state index in [9.17, 15) is 0 Å². The lowest BCUT2D eigenvalue weighted by atomic mass is 9.81. The average Bonchev–Trinajstić information content (AvgIpc) is 2.90. The third-order valence-electron chi connectivity index (χ3n) is 4.18. The maximum atomic E-state index is 5.08. The lowest BCUT2D eigenvalue weighted by Crippen LogP contribution is -2.38. The molecule has 1 fully saturated rings. The van der Waals surface area contributed by atoms with Crippen molar-refractivity contribution in [2.24, 2.45) is 16.8 Å². The van der Waals surface area contributed by atoms with Gasteiger partial charge in [0, 0.05) is 13.1 Å². The number of hydrogen-bond donors (Lipinski definition) is 2. The van der Waals surface area contributed by atoms with E-state index in [1.165, 1.54) is 32.1 Å². The van der Waals surface area contributed by atoms with Crippen molar-refractivity contribution in [3.8, 4) is 0 Å². The number of aromatic nitrogens is 2. The maximum Gasteiger partial charge on any atom is 0.248 e. The van der Waals surface area contributed by atoms with E-state index in [0.29, 0.717) is 18.3 Å². The normalized spacial score (nSPS) is 22.6. The lowest BCUT2D eigenvalue weighted by molar-refractivity contribution is 0.270. The van der Waals surface area contributed by atoms with Gasteiger partial charge in [0.1, 0.15) is 6.54 Å². The number of nitrogens with one attached hydrogen (secondary N) is 2. The van der Waals surface area contributed by atoms with Crippen molar-refractivity contribution in [1.82, 2.24) is 20.8 Å².